The molecule has 3 aromatic rings. The fourth-order valence-corrected chi connectivity index (χ4v) is 4.64. The summed E-state index contributed by atoms with van der Waals surface area (Å²) in [6.07, 6.45) is -0.743. The van der Waals surface area contributed by atoms with Gasteiger partial charge in [-0.1, -0.05) is 23.2 Å². The molecule has 1 aromatic heterocycles. The number of rotatable bonds is 4. The lowest BCUT2D eigenvalue weighted by atomic mass is 10.1. The van der Waals surface area contributed by atoms with Gasteiger partial charge in [0, 0.05) is 27.6 Å². The summed E-state index contributed by atoms with van der Waals surface area (Å²) < 4.78 is 17.7. The van der Waals surface area contributed by atoms with Crippen LogP contribution in [-0.4, -0.2) is 31.0 Å². The Kier molecular flexibility index (Phi) is 5.29. The smallest absolute Gasteiger partial charge is 0.252 e. The van der Waals surface area contributed by atoms with E-state index in [1.165, 1.54) is 23.3 Å². The Balaban J connectivity index is 1.74. The van der Waals surface area contributed by atoms with Crippen molar-refractivity contribution in [2.75, 3.05) is 14.2 Å². The molecular weight excluding hydrogens is 435 g/mol. The van der Waals surface area contributed by atoms with Gasteiger partial charge < -0.3 is 14.2 Å². The molecule has 0 aliphatic carbocycles. The molecule has 0 saturated carbocycles. The largest absolute Gasteiger partial charge is 0.493 e. The minimum Gasteiger partial charge on any atom is -0.493 e. The minimum absolute atomic E-state index is 0.264. The van der Waals surface area contributed by atoms with Crippen molar-refractivity contribution >= 4 is 56.4 Å². The quantitative estimate of drug-likeness (QED) is 0.528. The monoisotopic (exact) mass is 450 g/mol. The van der Waals surface area contributed by atoms with Crippen molar-refractivity contribution in [3.8, 4) is 11.5 Å². The van der Waals surface area contributed by atoms with Gasteiger partial charge in [-0.3, -0.25) is 4.79 Å². The maximum absolute atomic E-state index is 12.2. The second-order valence-corrected chi connectivity index (χ2v) is 8.11. The summed E-state index contributed by atoms with van der Waals surface area (Å²) in [6.45, 7) is 1.43. The normalized spacial score (nSPS) is 16.0. The lowest BCUT2D eigenvalue weighted by Gasteiger charge is -2.20. The first-order chi connectivity index (χ1) is 13.9. The number of carbonyl (C=O) groups excluding carboxylic acids is 1. The van der Waals surface area contributed by atoms with Crippen LogP contribution in [0.3, 0.4) is 0 Å². The number of fused-ring (bicyclic) bond motifs is 1. The van der Waals surface area contributed by atoms with E-state index in [0.29, 0.717) is 32.0 Å². The molecule has 1 amide bonds. The van der Waals surface area contributed by atoms with Gasteiger partial charge in [0.25, 0.3) is 5.90 Å². The second-order valence-electron chi connectivity index (χ2n) is 6.24. The number of hydrazone groups is 1. The predicted octanol–water partition coefficient (Wildman–Crippen LogP) is 5.46. The van der Waals surface area contributed by atoms with E-state index in [0.717, 1.165) is 10.1 Å². The number of hydrogen-bond acceptors (Lipinski definition) is 6. The van der Waals surface area contributed by atoms with Crippen LogP contribution >= 0.6 is 34.5 Å². The Morgan fingerprint density at radius 1 is 1.14 bits per heavy atom. The molecule has 0 spiro atoms. The molecule has 4 rings (SSSR count). The second kappa shape index (κ2) is 7.74. The molecule has 1 aliphatic heterocycles. The van der Waals surface area contributed by atoms with Crippen LogP contribution in [0.1, 0.15) is 23.6 Å². The van der Waals surface area contributed by atoms with Crippen molar-refractivity contribution in [3.63, 3.8) is 0 Å². The Labute approximate surface area is 181 Å². The van der Waals surface area contributed by atoms with Gasteiger partial charge in [0.2, 0.25) is 12.1 Å². The summed E-state index contributed by atoms with van der Waals surface area (Å²) in [7, 11) is 3.10. The molecule has 2 heterocycles. The molecule has 1 unspecified atom stereocenters. The van der Waals surface area contributed by atoms with Gasteiger partial charge in [-0.15, -0.1) is 16.4 Å². The van der Waals surface area contributed by atoms with Gasteiger partial charge in [0.05, 0.1) is 19.2 Å². The number of carbonyl (C=O) groups is 1. The highest BCUT2D eigenvalue weighted by molar-refractivity contribution is 7.21. The molecule has 2 aromatic carbocycles. The van der Waals surface area contributed by atoms with E-state index in [1.807, 2.05) is 6.07 Å². The van der Waals surface area contributed by atoms with E-state index >= 15 is 0 Å². The summed E-state index contributed by atoms with van der Waals surface area (Å²) in [5, 5.41) is 7.57. The summed E-state index contributed by atoms with van der Waals surface area (Å²) >= 11 is 14.1. The number of methoxy groups -OCH3 is 2. The van der Waals surface area contributed by atoms with Crippen LogP contribution < -0.4 is 9.47 Å². The third-order valence-electron chi connectivity index (χ3n) is 4.44. The van der Waals surface area contributed by atoms with Crippen LogP contribution in [-0.2, 0) is 9.53 Å². The number of amides is 1. The van der Waals surface area contributed by atoms with Gasteiger partial charge in [-0.2, -0.15) is 5.01 Å². The van der Waals surface area contributed by atoms with E-state index in [9.17, 15) is 4.79 Å². The van der Waals surface area contributed by atoms with Crippen LogP contribution in [0.2, 0.25) is 10.0 Å². The van der Waals surface area contributed by atoms with Crippen molar-refractivity contribution < 1.29 is 19.0 Å². The molecule has 0 saturated heterocycles. The molecule has 9 heteroatoms. The molecule has 1 aliphatic rings. The highest BCUT2D eigenvalue weighted by Gasteiger charge is 2.35. The third-order valence-corrected chi connectivity index (χ3v) is 6.34. The van der Waals surface area contributed by atoms with E-state index in [1.54, 1.807) is 44.6 Å². The van der Waals surface area contributed by atoms with Crippen LogP contribution in [0.4, 0.5) is 0 Å². The molecule has 29 heavy (non-hydrogen) atoms. The molecular formula is C20H16Cl2N2O4S. The van der Waals surface area contributed by atoms with Gasteiger partial charge in [0.1, 0.15) is 4.88 Å². The van der Waals surface area contributed by atoms with Crippen molar-refractivity contribution in [1.82, 2.24) is 5.01 Å². The average Bonchev–Trinajstić information content (AvgIpc) is 3.29. The van der Waals surface area contributed by atoms with Gasteiger partial charge in [-0.25, -0.2) is 0 Å². The first kappa shape index (κ1) is 19.8. The van der Waals surface area contributed by atoms with Crippen molar-refractivity contribution in [1.29, 1.82) is 0 Å². The zero-order valence-corrected chi connectivity index (χ0v) is 18.1. The lowest BCUT2D eigenvalue weighted by Crippen LogP contribution is -2.25. The Morgan fingerprint density at radius 3 is 2.59 bits per heavy atom. The van der Waals surface area contributed by atoms with E-state index in [-0.39, 0.29) is 11.8 Å². The van der Waals surface area contributed by atoms with Gasteiger partial charge in [0.15, 0.2) is 11.5 Å². The highest BCUT2D eigenvalue weighted by atomic mass is 35.5. The zero-order valence-electron chi connectivity index (χ0n) is 15.7. The fraction of sp³-hybridized carbons (Fsp3) is 0.200. The molecule has 6 nitrogen and oxygen atoms in total. The van der Waals surface area contributed by atoms with Crippen LogP contribution in [0.5, 0.6) is 11.5 Å². The van der Waals surface area contributed by atoms with Crippen LogP contribution in [0.15, 0.2) is 41.5 Å². The van der Waals surface area contributed by atoms with Crippen molar-refractivity contribution in [3.05, 3.63) is 56.9 Å². The Bertz CT molecular complexity index is 1140. The van der Waals surface area contributed by atoms with Crippen molar-refractivity contribution in [2.24, 2.45) is 5.10 Å². The van der Waals surface area contributed by atoms with Crippen molar-refractivity contribution in [2.45, 2.75) is 13.2 Å². The summed E-state index contributed by atoms with van der Waals surface area (Å²) in [6, 6.07) is 10.8. The van der Waals surface area contributed by atoms with Gasteiger partial charge in [-0.05, 0) is 36.4 Å². The SMILES string of the molecule is COc1ccc(C2OC(c3sc4ccc(Cl)cc4c3Cl)=NN2C(C)=O)cc1OC. The number of thiophene rings is 1. The predicted molar refractivity (Wildman–Crippen MR) is 114 cm³/mol. The number of hydrogen-bond donors (Lipinski definition) is 0. The van der Waals surface area contributed by atoms with E-state index < -0.39 is 6.23 Å². The number of ether oxygens (including phenoxy) is 3. The van der Waals surface area contributed by atoms with E-state index in [2.05, 4.69) is 5.10 Å². The highest BCUT2D eigenvalue weighted by Crippen LogP contribution is 2.41. The third kappa shape index (κ3) is 3.50. The fourth-order valence-electron chi connectivity index (χ4n) is 3.06. The lowest BCUT2D eigenvalue weighted by molar-refractivity contribution is -0.135. The number of halogens is 2. The minimum atomic E-state index is -0.743. The molecule has 150 valence electrons. The Morgan fingerprint density at radius 2 is 1.90 bits per heavy atom. The van der Waals surface area contributed by atoms with Gasteiger partial charge >= 0.3 is 0 Å². The van der Waals surface area contributed by atoms with Crippen LogP contribution in [0.25, 0.3) is 10.1 Å². The topological polar surface area (TPSA) is 60.4 Å². The molecule has 0 bridgehead atoms. The number of benzene rings is 2. The van der Waals surface area contributed by atoms with E-state index in [4.69, 9.17) is 37.4 Å². The molecule has 0 fully saturated rings. The first-order valence-corrected chi connectivity index (χ1v) is 10.1. The zero-order chi connectivity index (χ0) is 20.7. The molecule has 0 N–H and O–H groups in total. The maximum Gasteiger partial charge on any atom is 0.252 e. The molecule has 1 atom stereocenters. The average molecular weight is 451 g/mol. The van der Waals surface area contributed by atoms with Crippen LogP contribution in [0, 0.1) is 0 Å². The summed E-state index contributed by atoms with van der Waals surface area (Å²) in [5.74, 6) is 1.12. The standard InChI is InChI=1S/C20H16Cl2N2O4S/c1-10(25)24-20(11-4-6-14(26-2)15(8-11)27-3)28-19(23-24)18-17(22)13-9-12(21)5-7-16(13)29-18/h4-9,20H,1-3H3. The summed E-state index contributed by atoms with van der Waals surface area (Å²) in [5.41, 5.74) is 0.692. The Hall–Kier alpha value is -2.48. The maximum atomic E-state index is 12.2. The molecule has 0 radical (unpaired) electrons. The first-order valence-electron chi connectivity index (χ1n) is 8.58. The summed E-state index contributed by atoms with van der Waals surface area (Å²) in [4.78, 5) is 12.9. The number of nitrogens with zero attached hydrogens (tertiary/aromatic N) is 2.